The van der Waals surface area contributed by atoms with Crippen molar-refractivity contribution in [2.75, 3.05) is 39.2 Å². The summed E-state index contributed by atoms with van der Waals surface area (Å²) in [6, 6.07) is 3.07. The van der Waals surface area contributed by atoms with Crippen molar-refractivity contribution in [3.05, 3.63) is 21.1 Å². The van der Waals surface area contributed by atoms with Gasteiger partial charge >= 0.3 is 0 Å². The quantitative estimate of drug-likeness (QED) is 0.483. The monoisotopic (exact) mass is 430 g/mol. The topological polar surface area (TPSA) is 90.6 Å². The standard InChI is InChI=1S/C11H16Br2N2O4S/c1-18-4-5-19-3-2-15-20(16,17)11-9(12)6-8(14)7-10(11)13/h6-7,15H,2-5,14H2,1H3. The van der Waals surface area contributed by atoms with Gasteiger partial charge in [0.2, 0.25) is 10.0 Å². The van der Waals surface area contributed by atoms with Crippen LogP contribution in [0.3, 0.4) is 0 Å². The van der Waals surface area contributed by atoms with Gasteiger partial charge in [-0.25, -0.2) is 13.1 Å². The summed E-state index contributed by atoms with van der Waals surface area (Å²) in [5.74, 6) is 0. The van der Waals surface area contributed by atoms with E-state index < -0.39 is 10.0 Å². The van der Waals surface area contributed by atoms with Crippen LogP contribution < -0.4 is 10.5 Å². The van der Waals surface area contributed by atoms with Crippen LogP contribution in [0.25, 0.3) is 0 Å². The van der Waals surface area contributed by atoms with E-state index in [2.05, 4.69) is 36.6 Å². The van der Waals surface area contributed by atoms with Gasteiger partial charge in [0.25, 0.3) is 0 Å². The Labute approximate surface area is 135 Å². The molecule has 20 heavy (non-hydrogen) atoms. The summed E-state index contributed by atoms with van der Waals surface area (Å²) >= 11 is 6.40. The van der Waals surface area contributed by atoms with E-state index in [1.807, 2.05) is 0 Å². The fraction of sp³-hybridized carbons (Fsp3) is 0.455. The molecule has 0 fully saturated rings. The van der Waals surface area contributed by atoms with Gasteiger partial charge in [0.15, 0.2) is 0 Å². The normalized spacial score (nSPS) is 11.8. The molecule has 0 aliphatic heterocycles. The zero-order valence-electron chi connectivity index (χ0n) is 10.9. The van der Waals surface area contributed by atoms with Crippen molar-refractivity contribution in [2.45, 2.75) is 4.90 Å². The molecule has 1 aromatic carbocycles. The number of rotatable bonds is 8. The van der Waals surface area contributed by atoms with Crippen LogP contribution in [0.4, 0.5) is 5.69 Å². The number of ether oxygens (including phenoxy) is 2. The third-order valence-electron chi connectivity index (χ3n) is 2.26. The van der Waals surface area contributed by atoms with Crippen LogP contribution in [0.5, 0.6) is 0 Å². The molecule has 0 spiro atoms. The molecule has 9 heteroatoms. The van der Waals surface area contributed by atoms with Gasteiger partial charge in [-0.15, -0.1) is 0 Å². The van der Waals surface area contributed by atoms with E-state index in [4.69, 9.17) is 15.2 Å². The number of anilines is 1. The third-order valence-corrected chi connectivity index (χ3v) is 5.60. The molecule has 114 valence electrons. The minimum atomic E-state index is -3.64. The van der Waals surface area contributed by atoms with Crippen LogP contribution in [0.1, 0.15) is 0 Å². The van der Waals surface area contributed by atoms with Crippen LogP contribution in [0.15, 0.2) is 26.0 Å². The van der Waals surface area contributed by atoms with Gasteiger partial charge in [0.1, 0.15) is 4.90 Å². The molecule has 1 rings (SSSR count). The molecule has 1 aromatic rings. The predicted molar refractivity (Wildman–Crippen MR) is 84.1 cm³/mol. The molecule has 0 aromatic heterocycles. The number of nitrogen functional groups attached to an aromatic ring is 1. The summed E-state index contributed by atoms with van der Waals surface area (Å²) in [7, 11) is -2.07. The van der Waals surface area contributed by atoms with Crippen molar-refractivity contribution in [2.24, 2.45) is 0 Å². The molecule has 0 saturated heterocycles. The zero-order valence-corrected chi connectivity index (χ0v) is 14.8. The maximum atomic E-state index is 12.2. The molecule has 6 nitrogen and oxygen atoms in total. The highest BCUT2D eigenvalue weighted by atomic mass is 79.9. The summed E-state index contributed by atoms with van der Waals surface area (Å²) in [6.45, 7) is 1.34. The Morgan fingerprint density at radius 2 is 1.80 bits per heavy atom. The van der Waals surface area contributed by atoms with Gasteiger partial charge in [-0.05, 0) is 44.0 Å². The van der Waals surface area contributed by atoms with Crippen molar-refractivity contribution in [3.63, 3.8) is 0 Å². The molecule has 0 bridgehead atoms. The first-order chi connectivity index (χ1) is 9.38. The van der Waals surface area contributed by atoms with Crippen molar-refractivity contribution in [1.82, 2.24) is 4.72 Å². The second-order valence-electron chi connectivity index (χ2n) is 3.82. The van der Waals surface area contributed by atoms with Crippen LogP contribution in [-0.2, 0) is 19.5 Å². The number of hydrogen-bond donors (Lipinski definition) is 2. The highest BCUT2D eigenvalue weighted by Crippen LogP contribution is 2.32. The van der Waals surface area contributed by atoms with Crippen molar-refractivity contribution in [1.29, 1.82) is 0 Å². The second-order valence-corrected chi connectivity index (χ2v) is 7.23. The maximum Gasteiger partial charge on any atom is 0.242 e. The Bertz CT molecular complexity index is 528. The summed E-state index contributed by atoms with van der Waals surface area (Å²) in [5, 5.41) is 0. The summed E-state index contributed by atoms with van der Waals surface area (Å²) in [6.07, 6.45) is 0. The smallest absolute Gasteiger partial charge is 0.242 e. The lowest BCUT2D eigenvalue weighted by Crippen LogP contribution is -2.28. The van der Waals surface area contributed by atoms with E-state index in [0.717, 1.165) is 0 Å². The number of benzene rings is 1. The highest BCUT2D eigenvalue weighted by molar-refractivity contribution is 9.11. The summed E-state index contributed by atoms with van der Waals surface area (Å²) in [4.78, 5) is 0.114. The Balaban J connectivity index is 2.66. The van der Waals surface area contributed by atoms with E-state index in [1.165, 1.54) is 12.1 Å². The fourth-order valence-electron chi connectivity index (χ4n) is 1.40. The van der Waals surface area contributed by atoms with E-state index in [-0.39, 0.29) is 18.0 Å². The van der Waals surface area contributed by atoms with Gasteiger partial charge in [-0.2, -0.15) is 0 Å². The lowest BCUT2D eigenvalue weighted by molar-refractivity contribution is 0.0736. The van der Waals surface area contributed by atoms with E-state index >= 15 is 0 Å². The molecule has 0 saturated carbocycles. The predicted octanol–water partition coefficient (Wildman–Crippen LogP) is 1.74. The maximum absolute atomic E-state index is 12.2. The first kappa shape index (κ1) is 17.9. The molecule has 3 N–H and O–H groups in total. The molecule has 0 unspecified atom stereocenters. The van der Waals surface area contributed by atoms with Gasteiger partial charge in [-0.1, -0.05) is 0 Å². The molecule has 0 aliphatic rings. The van der Waals surface area contributed by atoms with Crippen LogP contribution in [0, 0.1) is 0 Å². The first-order valence-electron chi connectivity index (χ1n) is 5.69. The van der Waals surface area contributed by atoms with E-state index in [0.29, 0.717) is 27.8 Å². The average molecular weight is 432 g/mol. The van der Waals surface area contributed by atoms with Crippen molar-refractivity contribution in [3.8, 4) is 0 Å². The zero-order chi connectivity index (χ0) is 15.2. The van der Waals surface area contributed by atoms with Crippen LogP contribution in [0.2, 0.25) is 0 Å². The molecular weight excluding hydrogens is 416 g/mol. The Hall–Kier alpha value is -0.190. The van der Waals surface area contributed by atoms with E-state index in [1.54, 1.807) is 7.11 Å². The summed E-state index contributed by atoms with van der Waals surface area (Å²) < 4.78 is 37.6. The Morgan fingerprint density at radius 3 is 2.35 bits per heavy atom. The Morgan fingerprint density at radius 1 is 1.20 bits per heavy atom. The first-order valence-corrected chi connectivity index (χ1v) is 8.76. The number of methoxy groups -OCH3 is 1. The Kier molecular flexibility index (Phi) is 7.41. The van der Waals surface area contributed by atoms with Gasteiger partial charge in [-0.3, -0.25) is 0 Å². The number of hydrogen-bond acceptors (Lipinski definition) is 5. The largest absolute Gasteiger partial charge is 0.399 e. The van der Waals surface area contributed by atoms with Gasteiger partial charge in [0.05, 0.1) is 19.8 Å². The SMILES string of the molecule is COCCOCCNS(=O)(=O)c1c(Br)cc(N)cc1Br. The lowest BCUT2D eigenvalue weighted by atomic mass is 10.3. The van der Waals surface area contributed by atoms with Crippen molar-refractivity contribution >= 4 is 47.6 Å². The average Bonchev–Trinajstić information content (AvgIpc) is 2.31. The van der Waals surface area contributed by atoms with Gasteiger partial charge < -0.3 is 15.2 Å². The molecular formula is C11H16Br2N2O4S. The molecule has 0 atom stereocenters. The number of halogens is 2. The minimum absolute atomic E-state index is 0.114. The second kappa shape index (κ2) is 8.30. The van der Waals surface area contributed by atoms with Crippen LogP contribution >= 0.6 is 31.9 Å². The van der Waals surface area contributed by atoms with E-state index in [9.17, 15) is 8.42 Å². The summed E-state index contributed by atoms with van der Waals surface area (Å²) in [5.41, 5.74) is 6.10. The molecule has 0 heterocycles. The molecule has 0 aliphatic carbocycles. The number of nitrogens with two attached hydrogens (primary N) is 1. The molecule has 0 radical (unpaired) electrons. The fourth-order valence-corrected chi connectivity index (χ4v) is 5.03. The molecule has 0 amide bonds. The lowest BCUT2D eigenvalue weighted by Gasteiger charge is -2.11. The minimum Gasteiger partial charge on any atom is -0.399 e. The number of nitrogens with one attached hydrogen (secondary N) is 1. The third kappa shape index (κ3) is 5.30. The van der Waals surface area contributed by atoms with Gasteiger partial charge in [0, 0.05) is 28.3 Å². The van der Waals surface area contributed by atoms with Crippen molar-refractivity contribution < 1.29 is 17.9 Å². The highest BCUT2D eigenvalue weighted by Gasteiger charge is 2.21. The van der Waals surface area contributed by atoms with Crippen LogP contribution in [-0.4, -0.2) is 41.9 Å². The number of sulfonamides is 1.